The van der Waals surface area contributed by atoms with Gasteiger partial charge in [-0.1, -0.05) is 54.8 Å². The summed E-state index contributed by atoms with van der Waals surface area (Å²) in [5.41, 5.74) is 1.78. The van der Waals surface area contributed by atoms with E-state index in [9.17, 15) is 0 Å². The summed E-state index contributed by atoms with van der Waals surface area (Å²) in [6.45, 7) is 7.39. The molecule has 1 atom stereocenters. The van der Waals surface area contributed by atoms with Crippen LogP contribution in [-0.4, -0.2) is 26.8 Å². The van der Waals surface area contributed by atoms with Crippen LogP contribution in [0.25, 0.3) is 0 Å². The van der Waals surface area contributed by atoms with E-state index in [1.165, 1.54) is 35.7 Å². The topological polar surface area (TPSA) is 21.3 Å². The third-order valence-electron chi connectivity index (χ3n) is 4.26. The highest BCUT2D eigenvalue weighted by Crippen LogP contribution is 2.33. The van der Waals surface area contributed by atoms with Crippen LogP contribution >= 0.6 is 15.9 Å². The SMILES string of the molecule is CCCCC(CC)(CNCCOC)Cc1cccc(Br)c1. The first-order chi connectivity index (χ1) is 10.2. The quantitative estimate of drug-likeness (QED) is 0.574. The first-order valence-electron chi connectivity index (χ1n) is 8.10. The first kappa shape index (κ1) is 18.7. The summed E-state index contributed by atoms with van der Waals surface area (Å²) >= 11 is 3.59. The minimum Gasteiger partial charge on any atom is -0.383 e. The lowest BCUT2D eigenvalue weighted by Gasteiger charge is -2.34. The van der Waals surface area contributed by atoms with E-state index in [0.29, 0.717) is 5.41 Å². The van der Waals surface area contributed by atoms with E-state index in [4.69, 9.17) is 4.74 Å². The molecule has 0 heterocycles. The van der Waals surface area contributed by atoms with Crippen molar-refractivity contribution >= 4 is 15.9 Å². The molecule has 0 amide bonds. The monoisotopic (exact) mass is 355 g/mol. The van der Waals surface area contributed by atoms with Crippen molar-refractivity contribution in [3.05, 3.63) is 34.3 Å². The number of nitrogens with one attached hydrogen (secondary N) is 1. The molecule has 0 aliphatic carbocycles. The van der Waals surface area contributed by atoms with Gasteiger partial charge in [0.1, 0.15) is 0 Å². The minimum absolute atomic E-state index is 0.352. The van der Waals surface area contributed by atoms with Crippen LogP contribution in [0.2, 0.25) is 0 Å². The Kier molecular flexibility index (Phi) is 9.21. The van der Waals surface area contributed by atoms with E-state index in [2.05, 4.69) is 59.4 Å². The van der Waals surface area contributed by atoms with Crippen molar-refractivity contribution in [2.24, 2.45) is 5.41 Å². The van der Waals surface area contributed by atoms with E-state index in [1.807, 2.05) is 0 Å². The van der Waals surface area contributed by atoms with Crippen molar-refractivity contribution in [1.82, 2.24) is 5.32 Å². The Balaban J connectivity index is 2.73. The second kappa shape index (κ2) is 10.4. The third-order valence-corrected chi connectivity index (χ3v) is 4.76. The lowest BCUT2D eigenvalue weighted by Crippen LogP contribution is -2.37. The van der Waals surface area contributed by atoms with Gasteiger partial charge in [-0.15, -0.1) is 0 Å². The molecule has 0 aliphatic rings. The largest absolute Gasteiger partial charge is 0.383 e. The van der Waals surface area contributed by atoms with Gasteiger partial charge in [0.25, 0.3) is 0 Å². The van der Waals surface area contributed by atoms with Crippen molar-refractivity contribution in [3.8, 4) is 0 Å². The molecule has 1 N–H and O–H groups in total. The average Bonchev–Trinajstić information content (AvgIpc) is 2.49. The molecule has 0 bridgehead atoms. The van der Waals surface area contributed by atoms with Crippen LogP contribution in [0.5, 0.6) is 0 Å². The fourth-order valence-corrected chi connectivity index (χ4v) is 3.27. The van der Waals surface area contributed by atoms with Gasteiger partial charge >= 0.3 is 0 Å². The van der Waals surface area contributed by atoms with Crippen LogP contribution in [0.15, 0.2) is 28.7 Å². The molecule has 0 saturated heterocycles. The first-order valence-corrected chi connectivity index (χ1v) is 8.89. The summed E-state index contributed by atoms with van der Waals surface area (Å²) in [5.74, 6) is 0. The number of ether oxygens (including phenoxy) is 1. The van der Waals surface area contributed by atoms with Gasteiger partial charge in [-0.2, -0.15) is 0 Å². The molecule has 3 heteroatoms. The minimum atomic E-state index is 0.352. The second-order valence-corrected chi connectivity index (χ2v) is 6.85. The van der Waals surface area contributed by atoms with Gasteiger partial charge in [0.15, 0.2) is 0 Å². The summed E-state index contributed by atoms with van der Waals surface area (Å²) in [5, 5.41) is 3.59. The molecule has 1 aromatic carbocycles. The Bertz CT molecular complexity index is 397. The lowest BCUT2D eigenvalue weighted by atomic mass is 9.75. The molecule has 120 valence electrons. The van der Waals surface area contributed by atoms with Crippen molar-refractivity contribution in [2.75, 3.05) is 26.8 Å². The maximum Gasteiger partial charge on any atom is 0.0587 e. The second-order valence-electron chi connectivity index (χ2n) is 5.93. The summed E-state index contributed by atoms with van der Waals surface area (Å²) < 4.78 is 6.31. The fraction of sp³-hybridized carbons (Fsp3) is 0.667. The zero-order chi connectivity index (χ0) is 15.6. The molecule has 1 aromatic rings. The smallest absolute Gasteiger partial charge is 0.0587 e. The Labute approximate surface area is 138 Å². The van der Waals surface area contributed by atoms with Crippen LogP contribution in [0.4, 0.5) is 0 Å². The zero-order valence-corrected chi connectivity index (χ0v) is 15.3. The maximum atomic E-state index is 5.14. The summed E-state index contributed by atoms with van der Waals surface area (Å²) in [6.07, 6.45) is 6.20. The number of methoxy groups -OCH3 is 1. The molecular weight excluding hydrogens is 326 g/mol. The van der Waals surface area contributed by atoms with Crippen molar-refractivity contribution in [2.45, 2.75) is 46.0 Å². The predicted octanol–water partition coefficient (Wildman–Crippen LogP) is 4.81. The van der Waals surface area contributed by atoms with Crippen LogP contribution < -0.4 is 5.32 Å². The molecule has 21 heavy (non-hydrogen) atoms. The van der Waals surface area contributed by atoms with E-state index >= 15 is 0 Å². The molecule has 0 radical (unpaired) electrons. The number of benzene rings is 1. The molecular formula is C18H30BrNO. The molecule has 0 saturated carbocycles. The predicted molar refractivity (Wildman–Crippen MR) is 94.8 cm³/mol. The van der Waals surface area contributed by atoms with Gasteiger partial charge in [0, 0.05) is 24.7 Å². The molecule has 1 rings (SSSR count). The number of unbranched alkanes of at least 4 members (excludes halogenated alkanes) is 1. The number of hydrogen-bond donors (Lipinski definition) is 1. The number of hydrogen-bond acceptors (Lipinski definition) is 2. The average molecular weight is 356 g/mol. The van der Waals surface area contributed by atoms with Gasteiger partial charge in [-0.05, 0) is 42.4 Å². The summed E-state index contributed by atoms with van der Waals surface area (Å²) in [4.78, 5) is 0. The molecule has 0 aromatic heterocycles. The van der Waals surface area contributed by atoms with Gasteiger partial charge in [-0.25, -0.2) is 0 Å². The van der Waals surface area contributed by atoms with Crippen molar-refractivity contribution < 1.29 is 4.74 Å². The van der Waals surface area contributed by atoms with E-state index in [0.717, 1.165) is 26.1 Å². The summed E-state index contributed by atoms with van der Waals surface area (Å²) in [7, 11) is 1.76. The highest BCUT2D eigenvalue weighted by atomic mass is 79.9. The van der Waals surface area contributed by atoms with Gasteiger partial charge < -0.3 is 10.1 Å². The highest BCUT2D eigenvalue weighted by Gasteiger charge is 2.27. The molecule has 0 fully saturated rings. The Morgan fingerprint density at radius 1 is 1.29 bits per heavy atom. The van der Waals surface area contributed by atoms with E-state index in [1.54, 1.807) is 7.11 Å². The van der Waals surface area contributed by atoms with Crippen LogP contribution in [0, 0.1) is 5.41 Å². The van der Waals surface area contributed by atoms with Crippen LogP contribution in [-0.2, 0) is 11.2 Å². The summed E-state index contributed by atoms with van der Waals surface area (Å²) in [6, 6.07) is 8.74. The molecule has 0 aliphatic heterocycles. The van der Waals surface area contributed by atoms with Crippen molar-refractivity contribution in [1.29, 1.82) is 0 Å². The normalized spacial score (nSPS) is 14.1. The zero-order valence-electron chi connectivity index (χ0n) is 13.8. The Morgan fingerprint density at radius 2 is 2.10 bits per heavy atom. The Morgan fingerprint density at radius 3 is 2.71 bits per heavy atom. The lowest BCUT2D eigenvalue weighted by molar-refractivity contribution is 0.182. The van der Waals surface area contributed by atoms with Gasteiger partial charge in [-0.3, -0.25) is 0 Å². The molecule has 0 spiro atoms. The Hall–Kier alpha value is -0.380. The third kappa shape index (κ3) is 6.94. The van der Waals surface area contributed by atoms with Gasteiger partial charge in [0.05, 0.1) is 6.61 Å². The van der Waals surface area contributed by atoms with Crippen LogP contribution in [0.3, 0.4) is 0 Å². The number of rotatable bonds is 11. The fourth-order valence-electron chi connectivity index (χ4n) is 2.83. The van der Waals surface area contributed by atoms with E-state index in [-0.39, 0.29) is 0 Å². The standard InChI is InChI=1S/C18H30BrNO/c1-4-6-10-18(5-2,15-20-11-12-21-3)14-16-8-7-9-17(19)13-16/h7-9,13,20H,4-6,10-12,14-15H2,1-3H3. The molecule has 2 nitrogen and oxygen atoms in total. The van der Waals surface area contributed by atoms with E-state index < -0.39 is 0 Å². The number of halogens is 1. The molecule has 1 unspecified atom stereocenters. The van der Waals surface area contributed by atoms with Gasteiger partial charge in [0.2, 0.25) is 0 Å². The van der Waals surface area contributed by atoms with Crippen molar-refractivity contribution in [3.63, 3.8) is 0 Å². The maximum absolute atomic E-state index is 5.14. The van der Waals surface area contributed by atoms with Crippen LogP contribution in [0.1, 0.15) is 45.1 Å². The highest BCUT2D eigenvalue weighted by molar-refractivity contribution is 9.10.